The molecule has 1 unspecified atom stereocenters. The van der Waals surface area contributed by atoms with Crippen LogP contribution in [0, 0.1) is 17.3 Å². The van der Waals surface area contributed by atoms with Crippen LogP contribution in [0.1, 0.15) is 72.9 Å². The Balaban J connectivity index is 1.82. The second-order valence-corrected chi connectivity index (χ2v) is 9.80. The normalized spacial score (nSPS) is 36.1. The van der Waals surface area contributed by atoms with E-state index in [1.165, 1.54) is 20.3 Å². The monoisotopic (exact) mass is 426 g/mol. The molecule has 7 nitrogen and oxygen atoms in total. The largest absolute Gasteiger partial charge is 0.460 e. The van der Waals surface area contributed by atoms with Gasteiger partial charge in [0.1, 0.15) is 29.5 Å². The Hall–Kier alpha value is -2.54. The Morgan fingerprint density at radius 3 is 2.68 bits per heavy atom. The number of Topliss-reactive ketones (excluding diaryl/α,β-unsaturated/α-hetero) is 3. The van der Waals surface area contributed by atoms with Gasteiger partial charge in [0.05, 0.1) is 12.0 Å². The Kier molecular flexibility index (Phi) is 4.26. The molecular weight excluding hydrogens is 400 g/mol. The van der Waals surface area contributed by atoms with Crippen molar-refractivity contribution < 1.29 is 33.1 Å². The van der Waals surface area contributed by atoms with Crippen molar-refractivity contribution in [2.45, 2.75) is 58.0 Å². The van der Waals surface area contributed by atoms with Crippen LogP contribution < -0.4 is 0 Å². The van der Waals surface area contributed by atoms with Gasteiger partial charge in [-0.1, -0.05) is 6.92 Å². The average Bonchev–Trinajstić information content (AvgIpc) is 3.27. The molecule has 3 aliphatic carbocycles. The summed E-state index contributed by atoms with van der Waals surface area (Å²) in [5, 5.41) is 0. The third-order valence-corrected chi connectivity index (χ3v) is 8.07. The first-order chi connectivity index (χ1) is 14.6. The van der Waals surface area contributed by atoms with E-state index in [4.69, 9.17) is 13.9 Å². The predicted octanol–water partition coefficient (Wildman–Crippen LogP) is 3.20. The second kappa shape index (κ2) is 6.48. The molecule has 1 aromatic heterocycles. The molecule has 0 N–H and O–H groups in total. The third kappa shape index (κ3) is 2.44. The molecule has 1 fully saturated rings. The molecule has 5 atom stereocenters. The Labute approximate surface area is 180 Å². The van der Waals surface area contributed by atoms with Gasteiger partial charge in [0.15, 0.2) is 5.76 Å². The van der Waals surface area contributed by atoms with E-state index in [9.17, 15) is 19.2 Å². The Morgan fingerprint density at radius 2 is 2.00 bits per heavy atom. The minimum atomic E-state index is -0.863. The van der Waals surface area contributed by atoms with Crippen LogP contribution in [0.2, 0.25) is 0 Å². The summed E-state index contributed by atoms with van der Waals surface area (Å²) in [6.45, 7) is 5.55. The number of ether oxygens (including phenoxy) is 2. The Morgan fingerprint density at radius 1 is 1.26 bits per heavy atom. The van der Waals surface area contributed by atoms with Crippen LogP contribution >= 0.6 is 0 Å². The van der Waals surface area contributed by atoms with E-state index >= 15 is 0 Å². The zero-order chi connectivity index (χ0) is 22.3. The lowest BCUT2D eigenvalue weighted by Crippen LogP contribution is -2.55. The zero-order valence-corrected chi connectivity index (χ0v) is 18.2. The van der Waals surface area contributed by atoms with Gasteiger partial charge in [-0.15, -0.1) is 0 Å². The molecule has 4 aliphatic rings. The van der Waals surface area contributed by atoms with Crippen molar-refractivity contribution in [1.29, 1.82) is 0 Å². The number of allylic oxidation sites excluding steroid dienone is 1. The molecule has 5 rings (SSSR count). The fraction of sp³-hybridized carbons (Fsp3) is 0.583. The molecular formula is C24H26O7. The van der Waals surface area contributed by atoms with Gasteiger partial charge in [-0.05, 0) is 38.2 Å². The van der Waals surface area contributed by atoms with E-state index in [-0.39, 0.29) is 53.5 Å². The smallest absolute Gasteiger partial charge is 0.342 e. The van der Waals surface area contributed by atoms with Crippen LogP contribution in [-0.4, -0.2) is 43.1 Å². The highest BCUT2D eigenvalue weighted by molar-refractivity contribution is 6.14. The number of methoxy groups -OCH3 is 1. The summed E-state index contributed by atoms with van der Waals surface area (Å²) >= 11 is 0. The first-order valence-electron chi connectivity index (χ1n) is 10.8. The quantitative estimate of drug-likeness (QED) is 0.682. The highest BCUT2D eigenvalue weighted by atomic mass is 16.6. The summed E-state index contributed by atoms with van der Waals surface area (Å²) in [4.78, 5) is 51.6. The van der Waals surface area contributed by atoms with Gasteiger partial charge in [-0.3, -0.25) is 9.59 Å². The third-order valence-electron chi connectivity index (χ3n) is 8.07. The molecule has 31 heavy (non-hydrogen) atoms. The van der Waals surface area contributed by atoms with Gasteiger partial charge in [0.2, 0.25) is 5.78 Å². The van der Waals surface area contributed by atoms with Gasteiger partial charge < -0.3 is 18.7 Å². The molecule has 1 aromatic rings. The maximum Gasteiger partial charge on any atom is 0.342 e. The van der Waals surface area contributed by atoms with Crippen LogP contribution in [0.5, 0.6) is 0 Å². The van der Waals surface area contributed by atoms with Crippen molar-refractivity contribution in [3.05, 3.63) is 34.3 Å². The number of cyclic esters (lactones) is 1. The average molecular weight is 426 g/mol. The number of furan rings is 1. The minimum absolute atomic E-state index is 0.00490. The number of carbonyl (C=O) groups is 4. The highest BCUT2D eigenvalue weighted by Crippen LogP contribution is 2.62. The lowest BCUT2D eigenvalue weighted by molar-refractivity contribution is -0.128. The summed E-state index contributed by atoms with van der Waals surface area (Å²) in [7, 11) is 1.53. The topological polar surface area (TPSA) is 99.9 Å². The summed E-state index contributed by atoms with van der Waals surface area (Å²) in [6.07, 6.45) is 2.38. The standard InChI is InChI=1S/C24H26O7/c1-11(25)7-12-8-23(2)14(5-6-15(23)26)17-18(12)24(3)16(10-29-4)31-22(28)13-9-30-21(19(13)24)20(17)27/h9,12,14,16H,5-8,10H2,1-4H3/t12-,14?,16-,23-,24+/m0/s1. The Bertz CT molecular complexity index is 1080. The van der Waals surface area contributed by atoms with Crippen molar-refractivity contribution in [2.24, 2.45) is 17.3 Å². The molecule has 0 spiro atoms. The van der Waals surface area contributed by atoms with Crippen molar-refractivity contribution in [2.75, 3.05) is 13.7 Å². The van der Waals surface area contributed by atoms with Crippen molar-refractivity contribution in [3.63, 3.8) is 0 Å². The van der Waals surface area contributed by atoms with Gasteiger partial charge >= 0.3 is 5.97 Å². The number of rotatable bonds is 4. The molecule has 7 heteroatoms. The van der Waals surface area contributed by atoms with Gasteiger partial charge in [-0.25, -0.2) is 4.79 Å². The molecule has 2 heterocycles. The van der Waals surface area contributed by atoms with Crippen LogP contribution in [0.4, 0.5) is 0 Å². The van der Waals surface area contributed by atoms with Crippen molar-refractivity contribution in [3.8, 4) is 0 Å². The fourth-order valence-electron chi connectivity index (χ4n) is 6.76. The van der Waals surface area contributed by atoms with Crippen LogP contribution in [0.25, 0.3) is 0 Å². The number of hydrogen-bond donors (Lipinski definition) is 0. The lowest BCUT2D eigenvalue weighted by atomic mass is 9.51. The lowest BCUT2D eigenvalue weighted by Gasteiger charge is -2.52. The van der Waals surface area contributed by atoms with Gasteiger partial charge in [0.25, 0.3) is 0 Å². The van der Waals surface area contributed by atoms with Crippen LogP contribution in [0.15, 0.2) is 21.8 Å². The maximum atomic E-state index is 13.8. The van der Waals surface area contributed by atoms with Crippen LogP contribution in [-0.2, 0) is 24.5 Å². The van der Waals surface area contributed by atoms with E-state index in [0.717, 1.165) is 5.57 Å². The molecule has 164 valence electrons. The highest BCUT2D eigenvalue weighted by Gasteiger charge is 2.63. The predicted molar refractivity (Wildman–Crippen MR) is 108 cm³/mol. The SMILES string of the molecule is COC[C@@H]1OC(=O)c2coc3c2[C@@]1(C)C1=C(C3=O)C2CCC(=O)[C@@]2(C)C[C@@H]1CC(C)=O. The van der Waals surface area contributed by atoms with E-state index in [0.29, 0.717) is 30.4 Å². The molecule has 1 aliphatic heterocycles. The summed E-state index contributed by atoms with van der Waals surface area (Å²) in [5.41, 5.74) is 0.659. The van der Waals surface area contributed by atoms with Gasteiger partial charge in [-0.2, -0.15) is 0 Å². The van der Waals surface area contributed by atoms with E-state index in [1.807, 2.05) is 13.8 Å². The summed E-state index contributed by atoms with van der Waals surface area (Å²) in [5.74, 6) is -1.04. The number of ketones is 3. The van der Waals surface area contributed by atoms with Crippen molar-refractivity contribution in [1.82, 2.24) is 0 Å². The fourth-order valence-corrected chi connectivity index (χ4v) is 6.76. The molecule has 0 bridgehead atoms. The molecule has 0 radical (unpaired) electrons. The number of carbonyl (C=O) groups excluding carboxylic acids is 4. The van der Waals surface area contributed by atoms with E-state index in [2.05, 4.69) is 0 Å². The molecule has 1 saturated carbocycles. The van der Waals surface area contributed by atoms with Crippen LogP contribution in [0.3, 0.4) is 0 Å². The summed E-state index contributed by atoms with van der Waals surface area (Å²) < 4.78 is 16.8. The first kappa shape index (κ1) is 20.4. The maximum absolute atomic E-state index is 13.8. The van der Waals surface area contributed by atoms with Crippen molar-refractivity contribution >= 4 is 23.3 Å². The van der Waals surface area contributed by atoms with E-state index in [1.54, 1.807) is 0 Å². The molecule has 0 saturated heterocycles. The number of fused-ring (bicyclic) bond motifs is 3. The molecule has 0 amide bonds. The van der Waals surface area contributed by atoms with Gasteiger partial charge in [0, 0.05) is 42.4 Å². The minimum Gasteiger partial charge on any atom is -0.460 e. The zero-order valence-electron chi connectivity index (χ0n) is 18.2. The number of esters is 1. The molecule has 0 aromatic carbocycles. The van der Waals surface area contributed by atoms with E-state index < -0.39 is 22.9 Å². The summed E-state index contributed by atoms with van der Waals surface area (Å²) in [6, 6.07) is 0. The number of hydrogen-bond acceptors (Lipinski definition) is 7. The second-order valence-electron chi connectivity index (χ2n) is 9.80. The first-order valence-corrected chi connectivity index (χ1v) is 10.8.